The van der Waals surface area contributed by atoms with Gasteiger partial charge in [-0.1, -0.05) is 47.5 Å². The van der Waals surface area contributed by atoms with Crippen LogP contribution in [-0.2, 0) is 26.2 Å². The average Bonchev–Trinajstić information content (AvgIpc) is 2.91. The average molecular weight is 607 g/mol. The Labute approximate surface area is 245 Å². The molecule has 0 saturated carbocycles. The van der Waals surface area contributed by atoms with E-state index in [4.69, 9.17) is 27.9 Å². The van der Waals surface area contributed by atoms with Crippen LogP contribution in [0.5, 0.6) is 5.75 Å². The monoisotopic (exact) mass is 605 g/mol. The zero-order chi connectivity index (χ0) is 29.4. The third-order valence-electron chi connectivity index (χ3n) is 6.00. The number of nitrogens with zero attached hydrogens (tertiary/aromatic N) is 2. The van der Waals surface area contributed by atoms with E-state index in [0.717, 1.165) is 4.31 Å². The quantitative estimate of drug-likeness (QED) is 0.293. The Hall–Kier alpha value is -3.27. The number of anilines is 1. The summed E-state index contributed by atoms with van der Waals surface area (Å²) < 4.78 is 34.1. The van der Waals surface area contributed by atoms with Crippen molar-refractivity contribution in [3.8, 4) is 5.75 Å². The summed E-state index contributed by atoms with van der Waals surface area (Å²) in [6, 6.07) is 18.0. The van der Waals surface area contributed by atoms with E-state index >= 15 is 0 Å². The normalized spacial score (nSPS) is 12.1. The molecule has 2 amide bonds. The van der Waals surface area contributed by atoms with Crippen molar-refractivity contribution >= 4 is 50.7 Å². The number of carbonyl (C=O) groups excluding carboxylic acids is 2. The van der Waals surface area contributed by atoms with Gasteiger partial charge >= 0.3 is 0 Å². The van der Waals surface area contributed by atoms with Gasteiger partial charge in [-0.05, 0) is 81.8 Å². The fourth-order valence-corrected chi connectivity index (χ4v) is 5.85. The van der Waals surface area contributed by atoms with Crippen LogP contribution in [0.2, 0.25) is 10.0 Å². The highest BCUT2D eigenvalue weighted by molar-refractivity contribution is 7.92. The topological polar surface area (TPSA) is 96.0 Å². The number of nitrogens with one attached hydrogen (secondary N) is 1. The molecule has 3 rings (SSSR count). The van der Waals surface area contributed by atoms with Crippen molar-refractivity contribution in [3.63, 3.8) is 0 Å². The van der Waals surface area contributed by atoms with Gasteiger partial charge in [-0.25, -0.2) is 8.42 Å². The first kappa shape index (κ1) is 31.3. The summed E-state index contributed by atoms with van der Waals surface area (Å²) >= 11 is 12.5. The fourth-order valence-electron chi connectivity index (χ4n) is 3.94. The number of ether oxygens (including phenoxy) is 1. The molecule has 214 valence electrons. The van der Waals surface area contributed by atoms with Gasteiger partial charge in [-0.15, -0.1) is 0 Å². The summed E-state index contributed by atoms with van der Waals surface area (Å²) in [6.45, 7) is 6.91. The minimum atomic E-state index is -4.16. The van der Waals surface area contributed by atoms with Crippen molar-refractivity contribution in [3.05, 3.63) is 88.4 Å². The van der Waals surface area contributed by atoms with Crippen molar-refractivity contribution in [1.82, 2.24) is 10.2 Å². The lowest BCUT2D eigenvalue weighted by atomic mass is 10.1. The Morgan fingerprint density at radius 3 is 2.17 bits per heavy atom. The predicted molar refractivity (Wildman–Crippen MR) is 158 cm³/mol. The first-order valence-electron chi connectivity index (χ1n) is 12.8. The molecule has 0 bridgehead atoms. The van der Waals surface area contributed by atoms with Crippen molar-refractivity contribution < 1.29 is 22.7 Å². The molecule has 0 saturated heterocycles. The maximum atomic E-state index is 13.9. The molecule has 0 aliphatic carbocycles. The molecule has 1 atom stereocenters. The molecule has 0 aliphatic heterocycles. The van der Waals surface area contributed by atoms with Crippen LogP contribution in [0.3, 0.4) is 0 Å². The number of hydrogen-bond acceptors (Lipinski definition) is 5. The standard InChI is InChI=1S/C29H33Cl2N3O5S/c1-5-39-25-15-13-24(14-16-25)34(40(37,38)26-9-7-6-8-10-26)19-28(35)33(21(4)29(36)32-20(2)3)18-22-11-12-23(30)17-27(22)31/h6-17,20-21H,5,18-19H2,1-4H3,(H,32,36). The Morgan fingerprint density at radius 2 is 1.60 bits per heavy atom. The smallest absolute Gasteiger partial charge is 0.264 e. The van der Waals surface area contributed by atoms with Crippen LogP contribution in [-0.4, -0.2) is 50.4 Å². The van der Waals surface area contributed by atoms with E-state index in [0.29, 0.717) is 28.0 Å². The molecule has 0 aliphatic rings. The third-order valence-corrected chi connectivity index (χ3v) is 8.37. The summed E-state index contributed by atoms with van der Waals surface area (Å²) in [5.41, 5.74) is 0.826. The Balaban J connectivity index is 2.04. The van der Waals surface area contributed by atoms with Gasteiger partial charge in [0.25, 0.3) is 10.0 Å². The molecule has 11 heteroatoms. The molecule has 0 spiro atoms. The van der Waals surface area contributed by atoms with E-state index in [1.54, 1.807) is 67.6 Å². The van der Waals surface area contributed by atoms with E-state index in [9.17, 15) is 18.0 Å². The number of sulfonamides is 1. The molecule has 3 aromatic rings. The van der Waals surface area contributed by atoms with Crippen molar-refractivity contribution in [2.45, 2.75) is 51.2 Å². The Kier molecular flexibility index (Phi) is 10.8. The number of rotatable bonds is 12. The second-order valence-electron chi connectivity index (χ2n) is 9.35. The molecule has 3 aromatic carbocycles. The molecular weight excluding hydrogens is 573 g/mol. The second kappa shape index (κ2) is 13.9. The van der Waals surface area contributed by atoms with Gasteiger partial charge in [-0.2, -0.15) is 0 Å². The van der Waals surface area contributed by atoms with Crippen LogP contribution >= 0.6 is 23.2 Å². The predicted octanol–water partition coefficient (Wildman–Crippen LogP) is 5.53. The first-order chi connectivity index (χ1) is 18.9. The van der Waals surface area contributed by atoms with Crippen molar-refractivity contribution in [2.24, 2.45) is 0 Å². The molecule has 1 N–H and O–H groups in total. The summed E-state index contributed by atoms with van der Waals surface area (Å²) in [5, 5.41) is 3.56. The first-order valence-corrected chi connectivity index (χ1v) is 15.0. The highest BCUT2D eigenvalue weighted by Gasteiger charge is 2.33. The number of benzene rings is 3. The Bertz CT molecular complexity index is 1420. The SMILES string of the molecule is CCOc1ccc(N(CC(=O)N(Cc2ccc(Cl)cc2Cl)C(C)C(=O)NC(C)C)S(=O)(=O)c2ccccc2)cc1. The van der Waals surface area contributed by atoms with Crippen molar-refractivity contribution in [1.29, 1.82) is 0 Å². The van der Waals surface area contributed by atoms with Crippen molar-refractivity contribution in [2.75, 3.05) is 17.5 Å². The van der Waals surface area contributed by atoms with Crippen LogP contribution in [0.15, 0.2) is 77.7 Å². The maximum absolute atomic E-state index is 13.9. The van der Waals surface area contributed by atoms with E-state index in [-0.39, 0.29) is 29.1 Å². The molecule has 0 radical (unpaired) electrons. The van der Waals surface area contributed by atoms with E-state index in [1.807, 2.05) is 20.8 Å². The van der Waals surface area contributed by atoms with Crippen LogP contribution in [0.1, 0.15) is 33.3 Å². The lowest BCUT2D eigenvalue weighted by molar-refractivity contribution is -0.139. The minimum Gasteiger partial charge on any atom is -0.494 e. The van der Waals surface area contributed by atoms with Crippen LogP contribution in [0.4, 0.5) is 5.69 Å². The largest absolute Gasteiger partial charge is 0.494 e. The molecule has 8 nitrogen and oxygen atoms in total. The zero-order valence-corrected chi connectivity index (χ0v) is 25.1. The molecule has 0 aromatic heterocycles. The molecule has 0 heterocycles. The van der Waals surface area contributed by atoms with Gasteiger partial charge < -0.3 is 15.0 Å². The zero-order valence-electron chi connectivity index (χ0n) is 22.8. The van der Waals surface area contributed by atoms with Crippen LogP contribution in [0.25, 0.3) is 0 Å². The van der Waals surface area contributed by atoms with E-state index in [1.165, 1.54) is 17.0 Å². The number of carbonyl (C=O) groups is 2. The molecule has 40 heavy (non-hydrogen) atoms. The molecule has 1 unspecified atom stereocenters. The van der Waals surface area contributed by atoms with Gasteiger partial charge in [0.05, 0.1) is 17.2 Å². The minimum absolute atomic E-state index is 0.0228. The summed E-state index contributed by atoms with van der Waals surface area (Å²) in [7, 11) is -4.16. The summed E-state index contributed by atoms with van der Waals surface area (Å²) in [4.78, 5) is 28.3. The molecular formula is C29H33Cl2N3O5S. The van der Waals surface area contributed by atoms with E-state index < -0.39 is 28.5 Å². The van der Waals surface area contributed by atoms with Gasteiger partial charge in [0.2, 0.25) is 11.8 Å². The van der Waals surface area contributed by atoms with Gasteiger partial charge in [0.15, 0.2) is 0 Å². The Morgan fingerprint density at radius 1 is 0.950 bits per heavy atom. The maximum Gasteiger partial charge on any atom is 0.264 e. The lowest BCUT2D eigenvalue weighted by Gasteiger charge is -2.32. The second-order valence-corrected chi connectivity index (χ2v) is 12.1. The van der Waals surface area contributed by atoms with Gasteiger partial charge in [-0.3, -0.25) is 13.9 Å². The number of hydrogen-bond donors (Lipinski definition) is 1. The van der Waals surface area contributed by atoms with Crippen LogP contribution in [0, 0.1) is 0 Å². The summed E-state index contributed by atoms with van der Waals surface area (Å²) in [6.07, 6.45) is 0. The van der Waals surface area contributed by atoms with Gasteiger partial charge in [0, 0.05) is 22.6 Å². The lowest BCUT2D eigenvalue weighted by Crippen LogP contribution is -2.52. The number of halogens is 2. The highest BCUT2D eigenvalue weighted by atomic mass is 35.5. The van der Waals surface area contributed by atoms with Crippen LogP contribution < -0.4 is 14.4 Å². The fraction of sp³-hybridized carbons (Fsp3) is 0.310. The molecule has 0 fully saturated rings. The highest BCUT2D eigenvalue weighted by Crippen LogP contribution is 2.27. The third kappa shape index (κ3) is 7.90. The van der Waals surface area contributed by atoms with E-state index in [2.05, 4.69) is 5.32 Å². The number of amides is 2. The summed E-state index contributed by atoms with van der Waals surface area (Å²) in [5.74, 6) is -0.412. The van der Waals surface area contributed by atoms with Gasteiger partial charge in [0.1, 0.15) is 18.3 Å².